The highest BCUT2D eigenvalue weighted by Crippen LogP contribution is 2.13. The maximum Gasteiger partial charge on any atom is 0.228 e. The Kier molecular flexibility index (Phi) is 7.35. The first-order valence-corrected chi connectivity index (χ1v) is 8.62. The van der Waals surface area contributed by atoms with Gasteiger partial charge in [0.1, 0.15) is 0 Å². The van der Waals surface area contributed by atoms with Gasteiger partial charge in [0.05, 0.1) is 11.7 Å². The Labute approximate surface area is 132 Å². The Balaban J connectivity index is 0.00000220. The van der Waals surface area contributed by atoms with E-state index in [2.05, 4.69) is 5.32 Å². The molecule has 2 aliphatic heterocycles. The number of nitrogens with zero attached hydrogens (tertiary/aromatic N) is 2. The van der Waals surface area contributed by atoms with Crippen LogP contribution in [0.5, 0.6) is 0 Å². The SMILES string of the molecule is COCCCS(=O)(=O)N1CCN(C(=O)C2CNC2)CC1.Cl. The van der Waals surface area contributed by atoms with E-state index >= 15 is 0 Å². The molecule has 0 aromatic carbocycles. The first kappa shape index (κ1) is 18.6. The summed E-state index contributed by atoms with van der Waals surface area (Å²) in [5.41, 5.74) is 0. The van der Waals surface area contributed by atoms with Crippen LogP contribution in [-0.4, -0.2) is 82.3 Å². The van der Waals surface area contributed by atoms with Crippen molar-refractivity contribution < 1.29 is 17.9 Å². The van der Waals surface area contributed by atoms with Gasteiger partial charge in [0, 0.05) is 53.0 Å². The minimum Gasteiger partial charge on any atom is -0.385 e. The summed E-state index contributed by atoms with van der Waals surface area (Å²) in [7, 11) is -1.65. The summed E-state index contributed by atoms with van der Waals surface area (Å²) < 4.78 is 30.6. The molecule has 0 spiro atoms. The Morgan fingerprint density at radius 2 is 1.86 bits per heavy atom. The largest absolute Gasteiger partial charge is 0.385 e. The summed E-state index contributed by atoms with van der Waals surface area (Å²) in [6.07, 6.45) is 0.506. The van der Waals surface area contributed by atoms with E-state index in [1.807, 2.05) is 0 Å². The molecule has 0 aromatic heterocycles. The van der Waals surface area contributed by atoms with E-state index in [-0.39, 0.29) is 30.0 Å². The van der Waals surface area contributed by atoms with E-state index in [9.17, 15) is 13.2 Å². The quantitative estimate of drug-likeness (QED) is 0.636. The van der Waals surface area contributed by atoms with Crippen molar-refractivity contribution in [2.45, 2.75) is 6.42 Å². The van der Waals surface area contributed by atoms with E-state index in [0.717, 1.165) is 13.1 Å². The van der Waals surface area contributed by atoms with Crippen molar-refractivity contribution >= 4 is 28.3 Å². The van der Waals surface area contributed by atoms with Gasteiger partial charge < -0.3 is 15.0 Å². The van der Waals surface area contributed by atoms with Crippen LogP contribution in [0.2, 0.25) is 0 Å². The number of methoxy groups -OCH3 is 1. The highest BCUT2D eigenvalue weighted by atomic mass is 35.5. The smallest absolute Gasteiger partial charge is 0.228 e. The highest BCUT2D eigenvalue weighted by molar-refractivity contribution is 7.89. The monoisotopic (exact) mass is 341 g/mol. The van der Waals surface area contributed by atoms with Gasteiger partial charge in [-0.3, -0.25) is 4.79 Å². The van der Waals surface area contributed by atoms with Crippen LogP contribution in [0.3, 0.4) is 0 Å². The zero-order chi connectivity index (χ0) is 14.6. The van der Waals surface area contributed by atoms with Gasteiger partial charge in [-0.25, -0.2) is 8.42 Å². The van der Waals surface area contributed by atoms with Crippen molar-refractivity contribution in [3.63, 3.8) is 0 Å². The van der Waals surface area contributed by atoms with Crippen LogP contribution in [0.25, 0.3) is 0 Å². The standard InChI is InChI=1S/C12H23N3O4S.ClH/c1-19-7-2-8-20(17,18)15-5-3-14(4-6-15)12(16)11-9-13-10-11;/h11,13H,2-10H2,1H3;1H. The van der Waals surface area contributed by atoms with Gasteiger partial charge >= 0.3 is 0 Å². The van der Waals surface area contributed by atoms with Gasteiger partial charge in [-0.15, -0.1) is 12.4 Å². The number of halogens is 1. The predicted octanol–water partition coefficient (Wildman–Crippen LogP) is -0.862. The van der Waals surface area contributed by atoms with Crippen LogP contribution >= 0.6 is 12.4 Å². The third kappa shape index (κ3) is 4.79. The minimum absolute atomic E-state index is 0. The van der Waals surface area contributed by atoms with Crippen LogP contribution in [-0.2, 0) is 19.6 Å². The summed E-state index contributed by atoms with van der Waals surface area (Å²) >= 11 is 0. The molecule has 0 aliphatic carbocycles. The maximum absolute atomic E-state index is 12.1. The molecule has 2 saturated heterocycles. The number of amides is 1. The molecule has 2 rings (SSSR count). The third-order valence-electron chi connectivity index (χ3n) is 3.83. The number of sulfonamides is 1. The molecule has 2 aliphatic rings. The van der Waals surface area contributed by atoms with Gasteiger partial charge in [0.2, 0.25) is 15.9 Å². The topological polar surface area (TPSA) is 79.0 Å². The number of carbonyl (C=O) groups is 1. The number of hydrogen-bond acceptors (Lipinski definition) is 5. The molecule has 0 bridgehead atoms. The van der Waals surface area contributed by atoms with E-state index in [0.29, 0.717) is 39.2 Å². The molecule has 9 heteroatoms. The van der Waals surface area contributed by atoms with Gasteiger partial charge in [-0.2, -0.15) is 4.31 Å². The fraction of sp³-hybridized carbons (Fsp3) is 0.917. The summed E-state index contributed by atoms with van der Waals surface area (Å²) in [6.45, 7) is 3.75. The predicted molar refractivity (Wildman–Crippen MR) is 82.0 cm³/mol. The molecule has 21 heavy (non-hydrogen) atoms. The van der Waals surface area contributed by atoms with E-state index in [1.54, 1.807) is 12.0 Å². The fourth-order valence-corrected chi connectivity index (χ4v) is 3.88. The second kappa shape index (κ2) is 8.28. The van der Waals surface area contributed by atoms with Crippen molar-refractivity contribution in [2.75, 3.05) is 58.7 Å². The Hall–Kier alpha value is -0.410. The third-order valence-corrected chi connectivity index (χ3v) is 5.78. The van der Waals surface area contributed by atoms with Gasteiger partial charge in [-0.1, -0.05) is 0 Å². The molecule has 0 aromatic rings. The van der Waals surface area contributed by atoms with E-state index in [1.165, 1.54) is 4.31 Å². The average molecular weight is 342 g/mol. The Bertz CT molecular complexity index is 434. The number of carbonyl (C=O) groups excluding carboxylic acids is 1. The number of nitrogens with one attached hydrogen (secondary N) is 1. The highest BCUT2D eigenvalue weighted by Gasteiger charge is 2.33. The summed E-state index contributed by atoms with van der Waals surface area (Å²) in [5, 5.41) is 3.08. The Morgan fingerprint density at radius 3 is 2.33 bits per heavy atom. The molecule has 1 amide bonds. The lowest BCUT2D eigenvalue weighted by Crippen LogP contribution is -2.57. The average Bonchev–Trinajstić information content (AvgIpc) is 2.37. The van der Waals surface area contributed by atoms with E-state index in [4.69, 9.17) is 4.74 Å². The molecule has 2 heterocycles. The minimum atomic E-state index is -3.21. The number of piperazine rings is 1. The lowest BCUT2D eigenvalue weighted by atomic mass is 10.0. The molecule has 124 valence electrons. The van der Waals surface area contributed by atoms with Crippen molar-refractivity contribution in [3.05, 3.63) is 0 Å². The first-order chi connectivity index (χ1) is 9.54. The van der Waals surface area contributed by atoms with Crippen molar-refractivity contribution in [3.8, 4) is 0 Å². The summed E-state index contributed by atoms with van der Waals surface area (Å²) in [4.78, 5) is 13.8. The van der Waals surface area contributed by atoms with Crippen LogP contribution in [0.1, 0.15) is 6.42 Å². The molecule has 0 unspecified atom stereocenters. The maximum atomic E-state index is 12.1. The van der Waals surface area contributed by atoms with Gasteiger partial charge in [0.25, 0.3) is 0 Å². The zero-order valence-corrected chi connectivity index (χ0v) is 13.9. The molecular formula is C12H24ClN3O4S. The number of ether oxygens (including phenoxy) is 1. The number of rotatable bonds is 6. The van der Waals surface area contributed by atoms with Gasteiger partial charge in [0.15, 0.2) is 0 Å². The van der Waals surface area contributed by atoms with Crippen molar-refractivity contribution in [1.82, 2.24) is 14.5 Å². The van der Waals surface area contributed by atoms with Crippen LogP contribution < -0.4 is 5.32 Å². The zero-order valence-electron chi connectivity index (χ0n) is 12.3. The summed E-state index contributed by atoms with van der Waals surface area (Å²) in [5.74, 6) is 0.349. The molecular weight excluding hydrogens is 318 g/mol. The number of hydrogen-bond donors (Lipinski definition) is 1. The molecule has 0 radical (unpaired) electrons. The van der Waals surface area contributed by atoms with Crippen LogP contribution in [0.4, 0.5) is 0 Å². The first-order valence-electron chi connectivity index (χ1n) is 7.01. The normalized spacial score (nSPS) is 20.7. The molecule has 0 atom stereocenters. The second-order valence-electron chi connectivity index (χ2n) is 5.24. The van der Waals surface area contributed by atoms with Crippen LogP contribution in [0, 0.1) is 5.92 Å². The van der Waals surface area contributed by atoms with Gasteiger partial charge in [-0.05, 0) is 6.42 Å². The fourth-order valence-electron chi connectivity index (χ4n) is 2.42. The molecule has 0 saturated carbocycles. The van der Waals surface area contributed by atoms with E-state index < -0.39 is 10.0 Å². The molecule has 2 fully saturated rings. The molecule has 7 nitrogen and oxygen atoms in total. The van der Waals surface area contributed by atoms with Crippen LogP contribution in [0.15, 0.2) is 0 Å². The molecule has 1 N–H and O–H groups in total. The van der Waals surface area contributed by atoms with Crippen molar-refractivity contribution in [1.29, 1.82) is 0 Å². The lowest BCUT2D eigenvalue weighted by molar-refractivity contribution is -0.138. The second-order valence-corrected chi connectivity index (χ2v) is 7.33. The lowest BCUT2D eigenvalue weighted by Gasteiger charge is -2.38. The Morgan fingerprint density at radius 1 is 1.24 bits per heavy atom. The summed E-state index contributed by atoms with van der Waals surface area (Å²) in [6, 6.07) is 0. The van der Waals surface area contributed by atoms with Crippen molar-refractivity contribution in [2.24, 2.45) is 5.92 Å².